The zero-order chi connectivity index (χ0) is 17.6. The van der Waals surface area contributed by atoms with Crippen molar-refractivity contribution in [2.75, 3.05) is 13.2 Å². The van der Waals surface area contributed by atoms with Gasteiger partial charge in [0, 0.05) is 12.5 Å². The minimum atomic E-state index is -0.0782. The van der Waals surface area contributed by atoms with Gasteiger partial charge in [-0.05, 0) is 44.2 Å². The summed E-state index contributed by atoms with van der Waals surface area (Å²) >= 11 is 0. The number of Topliss-reactive ketones (excluding diaryl/α,β-unsaturated/α-hetero) is 1. The van der Waals surface area contributed by atoms with E-state index in [0.29, 0.717) is 24.5 Å². The monoisotopic (exact) mass is 332 g/mol. The molecular weight excluding hydrogens is 308 g/mol. The number of rotatable bonds is 12. The number of nitrogens with zero attached hydrogens (tertiary/aromatic N) is 2. The molecular formula is C18H24N2O4. The Hall–Kier alpha value is -2.50. The second kappa shape index (κ2) is 12.0. The highest BCUT2D eigenvalue weighted by atomic mass is 16.6. The van der Waals surface area contributed by atoms with E-state index in [2.05, 4.69) is 10.3 Å². The molecule has 0 atom stereocenters. The fraction of sp³-hybridized carbons (Fsp3) is 0.444. The standard InChI is InChI=1S/C18H24N2O4/c1-15(16(2)22)20-24-11-6-4-3-5-10-23-19-13-17-8-7-9-18(12-17)14-21/h7-9,12-14H,3-6,10-11H2,1-2H3/b19-13-,20-15-. The van der Waals surface area contributed by atoms with Crippen LogP contribution in [0.25, 0.3) is 0 Å². The van der Waals surface area contributed by atoms with E-state index >= 15 is 0 Å². The zero-order valence-corrected chi connectivity index (χ0v) is 14.2. The largest absolute Gasteiger partial charge is 0.396 e. The van der Waals surface area contributed by atoms with Gasteiger partial charge in [-0.1, -0.05) is 28.5 Å². The Morgan fingerprint density at radius 3 is 2.38 bits per heavy atom. The van der Waals surface area contributed by atoms with Crippen molar-refractivity contribution in [1.82, 2.24) is 0 Å². The van der Waals surface area contributed by atoms with E-state index < -0.39 is 0 Å². The van der Waals surface area contributed by atoms with Crippen LogP contribution in [0.15, 0.2) is 34.6 Å². The number of hydrogen-bond acceptors (Lipinski definition) is 6. The first-order chi connectivity index (χ1) is 11.6. The summed E-state index contributed by atoms with van der Waals surface area (Å²) < 4.78 is 0. The van der Waals surface area contributed by atoms with E-state index in [4.69, 9.17) is 9.68 Å². The SMILES string of the molecule is CC(=O)/C(C)=N\OCCCCCCO/N=C\c1cccc(C=O)c1. The minimum Gasteiger partial charge on any atom is -0.396 e. The predicted molar refractivity (Wildman–Crippen MR) is 93.6 cm³/mol. The molecule has 6 heteroatoms. The number of ketones is 1. The third-order valence-electron chi connectivity index (χ3n) is 3.26. The molecule has 6 nitrogen and oxygen atoms in total. The molecule has 0 N–H and O–H groups in total. The fourth-order valence-corrected chi connectivity index (χ4v) is 1.76. The molecule has 0 radical (unpaired) electrons. The highest BCUT2D eigenvalue weighted by molar-refractivity contribution is 6.37. The maximum Gasteiger partial charge on any atom is 0.177 e. The summed E-state index contributed by atoms with van der Waals surface area (Å²) in [6, 6.07) is 7.14. The van der Waals surface area contributed by atoms with E-state index in [1.165, 1.54) is 6.92 Å². The van der Waals surface area contributed by atoms with Crippen molar-refractivity contribution in [3.05, 3.63) is 35.4 Å². The molecule has 0 amide bonds. The predicted octanol–water partition coefficient (Wildman–Crippen LogP) is 3.39. The zero-order valence-electron chi connectivity index (χ0n) is 14.2. The third kappa shape index (κ3) is 8.82. The van der Waals surface area contributed by atoms with Gasteiger partial charge in [-0.25, -0.2) is 0 Å². The number of benzene rings is 1. The van der Waals surface area contributed by atoms with Gasteiger partial charge >= 0.3 is 0 Å². The van der Waals surface area contributed by atoms with Gasteiger partial charge in [0.2, 0.25) is 0 Å². The summed E-state index contributed by atoms with van der Waals surface area (Å²) in [6.07, 6.45) is 6.20. The van der Waals surface area contributed by atoms with Gasteiger partial charge in [0.25, 0.3) is 0 Å². The van der Waals surface area contributed by atoms with Crippen LogP contribution in [0.2, 0.25) is 0 Å². The Bertz CT molecular complexity index is 582. The lowest BCUT2D eigenvalue weighted by Gasteiger charge is -2.01. The number of aldehydes is 1. The molecule has 0 aliphatic heterocycles. The fourth-order valence-electron chi connectivity index (χ4n) is 1.76. The number of carbonyl (C=O) groups is 2. The van der Waals surface area contributed by atoms with Gasteiger partial charge in [0.15, 0.2) is 5.78 Å². The molecule has 1 rings (SSSR count). The summed E-state index contributed by atoms with van der Waals surface area (Å²) in [5.41, 5.74) is 1.84. The van der Waals surface area contributed by atoms with Gasteiger partial charge in [-0.2, -0.15) is 0 Å². The molecule has 0 bridgehead atoms. The van der Waals surface area contributed by atoms with Crippen molar-refractivity contribution in [2.24, 2.45) is 10.3 Å². The molecule has 0 spiro atoms. The van der Waals surface area contributed by atoms with E-state index in [-0.39, 0.29) is 5.78 Å². The van der Waals surface area contributed by atoms with E-state index in [1.807, 2.05) is 6.07 Å². The van der Waals surface area contributed by atoms with Crippen LogP contribution in [-0.4, -0.2) is 37.2 Å². The van der Waals surface area contributed by atoms with Crippen molar-refractivity contribution in [3.8, 4) is 0 Å². The molecule has 0 aliphatic carbocycles. The number of oxime groups is 2. The lowest BCUT2D eigenvalue weighted by Crippen LogP contribution is -2.05. The Balaban J connectivity index is 2.02. The quantitative estimate of drug-likeness (QED) is 0.254. The Kier molecular flexibility index (Phi) is 9.76. The van der Waals surface area contributed by atoms with Crippen molar-refractivity contribution in [1.29, 1.82) is 0 Å². The molecule has 0 saturated heterocycles. The second-order valence-corrected chi connectivity index (χ2v) is 5.34. The average molecular weight is 332 g/mol. The van der Waals surface area contributed by atoms with Gasteiger partial charge in [0.1, 0.15) is 25.2 Å². The summed E-state index contributed by atoms with van der Waals surface area (Å²) in [5, 5.41) is 7.61. The van der Waals surface area contributed by atoms with Crippen LogP contribution in [0.1, 0.15) is 55.5 Å². The molecule has 24 heavy (non-hydrogen) atoms. The van der Waals surface area contributed by atoms with Crippen LogP contribution in [0.5, 0.6) is 0 Å². The highest BCUT2D eigenvalue weighted by Crippen LogP contribution is 2.02. The van der Waals surface area contributed by atoms with Crippen LogP contribution in [0, 0.1) is 0 Å². The molecule has 0 unspecified atom stereocenters. The molecule has 0 fully saturated rings. The number of hydrogen-bond donors (Lipinski definition) is 0. The van der Waals surface area contributed by atoms with Gasteiger partial charge < -0.3 is 9.68 Å². The Labute approximate surface area is 142 Å². The van der Waals surface area contributed by atoms with E-state index in [9.17, 15) is 9.59 Å². The minimum absolute atomic E-state index is 0.0782. The third-order valence-corrected chi connectivity index (χ3v) is 3.26. The van der Waals surface area contributed by atoms with Crippen molar-refractivity contribution in [2.45, 2.75) is 39.5 Å². The lowest BCUT2D eigenvalue weighted by atomic mass is 10.1. The summed E-state index contributed by atoms with van der Waals surface area (Å²) in [5.74, 6) is -0.0782. The van der Waals surface area contributed by atoms with Crippen molar-refractivity contribution >= 4 is 24.0 Å². The highest BCUT2D eigenvalue weighted by Gasteiger charge is 1.97. The van der Waals surface area contributed by atoms with Crippen LogP contribution >= 0.6 is 0 Å². The van der Waals surface area contributed by atoms with Gasteiger partial charge in [-0.15, -0.1) is 0 Å². The van der Waals surface area contributed by atoms with Gasteiger partial charge in [-0.3, -0.25) is 9.59 Å². The van der Waals surface area contributed by atoms with E-state index in [0.717, 1.165) is 37.5 Å². The summed E-state index contributed by atoms with van der Waals surface area (Å²) in [7, 11) is 0. The molecule has 130 valence electrons. The molecule has 0 saturated carbocycles. The Morgan fingerprint density at radius 1 is 1.04 bits per heavy atom. The number of unbranched alkanes of at least 4 members (excludes halogenated alkanes) is 3. The topological polar surface area (TPSA) is 77.3 Å². The molecule has 1 aromatic rings. The first kappa shape index (κ1) is 19.5. The summed E-state index contributed by atoms with van der Waals surface area (Å²) in [4.78, 5) is 31.8. The normalized spacial score (nSPS) is 11.5. The number of carbonyl (C=O) groups excluding carboxylic acids is 2. The van der Waals surface area contributed by atoms with Crippen LogP contribution < -0.4 is 0 Å². The first-order valence-electron chi connectivity index (χ1n) is 8.01. The molecule has 0 aromatic heterocycles. The molecule has 0 heterocycles. The lowest BCUT2D eigenvalue weighted by molar-refractivity contribution is -0.111. The van der Waals surface area contributed by atoms with Crippen molar-refractivity contribution in [3.63, 3.8) is 0 Å². The molecule has 1 aromatic carbocycles. The van der Waals surface area contributed by atoms with Gasteiger partial charge in [0.05, 0.1) is 6.21 Å². The second-order valence-electron chi connectivity index (χ2n) is 5.34. The smallest absolute Gasteiger partial charge is 0.177 e. The summed E-state index contributed by atoms with van der Waals surface area (Å²) in [6.45, 7) is 4.15. The van der Waals surface area contributed by atoms with Crippen LogP contribution in [0.4, 0.5) is 0 Å². The average Bonchev–Trinajstić information content (AvgIpc) is 2.59. The maximum absolute atomic E-state index is 10.9. The molecule has 0 aliphatic rings. The first-order valence-corrected chi connectivity index (χ1v) is 8.01. The van der Waals surface area contributed by atoms with Crippen LogP contribution in [0.3, 0.4) is 0 Å². The maximum atomic E-state index is 10.9. The Morgan fingerprint density at radius 2 is 1.71 bits per heavy atom. The van der Waals surface area contributed by atoms with Crippen molar-refractivity contribution < 1.29 is 19.3 Å². The van der Waals surface area contributed by atoms with Crippen LogP contribution in [-0.2, 0) is 14.5 Å². The van der Waals surface area contributed by atoms with E-state index in [1.54, 1.807) is 31.3 Å².